The normalized spacial score (nSPS) is 12.7. The molecular formula is C22H24BFN2O7. The van der Waals surface area contributed by atoms with Crippen LogP contribution in [0.3, 0.4) is 0 Å². The highest BCUT2D eigenvalue weighted by atomic mass is 19.1. The lowest BCUT2D eigenvalue weighted by molar-refractivity contribution is -0.138. The van der Waals surface area contributed by atoms with Gasteiger partial charge in [0.25, 0.3) is 18.0 Å². The second-order valence-corrected chi connectivity index (χ2v) is 7.18. The standard InChI is InChI=1S/C22H24BFN2O7/c1-31-16-6-4-5-14(11-16)9-10-25-21(27)20(24)22(28)26-19(33-23(29)30)12-15-13-32-18-8-3-2-7-17(15)18/h2-8,11,13,19-20,29-30H,9-10,12H2,1H3,(H,25,27)(H,26,28)/t19-,20?/m1/s1. The van der Waals surface area contributed by atoms with Crippen LogP contribution in [0.2, 0.25) is 0 Å². The third-order valence-corrected chi connectivity index (χ3v) is 4.86. The molecule has 0 aliphatic heterocycles. The predicted molar refractivity (Wildman–Crippen MR) is 118 cm³/mol. The summed E-state index contributed by atoms with van der Waals surface area (Å²) in [7, 11) is -0.683. The van der Waals surface area contributed by atoms with Gasteiger partial charge in [-0.25, -0.2) is 4.39 Å². The zero-order chi connectivity index (χ0) is 23.8. The molecule has 0 aliphatic carbocycles. The van der Waals surface area contributed by atoms with E-state index >= 15 is 0 Å². The lowest BCUT2D eigenvalue weighted by Gasteiger charge is -2.20. The van der Waals surface area contributed by atoms with Crippen LogP contribution in [0.1, 0.15) is 11.1 Å². The lowest BCUT2D eigenvalue weighted by Crippen LogP contribution is -2.49. The summed E-state index contributed by atoms with van der Waals surface area (Å²) in [5.41, 5.74) is 2.04. The van der Waals surface area contributed by atoms with Crippen LogP contribution in [0, 0.1) is 0 Å². The third-order valence-electron chi connectivity index (χ3n) is 4.86. The summed E-state index contributed by atoms with van der Waals surface area (Å²) in [5, 5.41) is 23.6. The summed E-state index contributed by atoms with van der Waals surface area (Å²) in [6.45, 7) is 0.107. The number of para-hydroxylation sites is 1. The molecule has 1 aromatic heterocycles. The Balaban J connectivity index is 1.55. The van der Waals surface area contributed by atoms with E-state index in [4.69, 9.17) is 23.9 Å². The lowest BCUT2D eigenvalue weighted by atomic mass is 10.1. The summed E-state index contributed by atoms with van der Waals surface area (Å²) >= 11 is 0. The average Bonchev–Trinajstić information content (AvgIpc) is 3.21. The van der Waals surface area contributed by atoms with Crippen LogP contribution in [-0.4, -0.2) is 55.2 Å². The Morgan fingerprint density at radius 3 is 2.70 bits per heavy atom. The van der Waals surface area contributed by atoms with E-state index < -0.39 is 31.5 Å². The van der Waals surface area contributed by atoms with Gasteiger partial charge in [-0.15, -0.1) is 0 Å². The summed E-state index contributed by atoms with van der Waals surface area (Å²) in [6, 6.07) is 14.3. The molecule has 2 amide bonds. The Morgan fingerprint density at radius 2 is 1.94 bits per heavy atom. The first kappa shape index (κ1) is 24.2. The maximum atomic E-state index is 14.4. The number of rotatable bonds is 11. The maximum Gasteiger partial charge on any atom is 0.635 e. The molecule has 4 N–H and O–H groups in total. The largest absolute Gasteiger partial charge is 0.635 e. The monoisotopic (exact) mass is 458 g/mol. The zero-order valence-electron chi connectivity index (χ0n) is 17.9. The summed E-state index contributed by atoms with van der Waals surface area (Å²) in [6.07, 6.45) is -2.05. The summed E-state index contributed by atoms with van der Waals surface area (Å²) < 4.78 is 29.8. The van der Waals surface area contributed by atoms with Gasteiger partial charge in [-0.2, -0.15) is 0 Å². The van der Waals surface area contributed by atoms with Crippen molar-refractivity contribution in [1.29, 1.82) is 0 Å². The van der Waals surface area contributed by atoms with Crippen LogP contribution in [0.25, 0.3) is 11.0 Å². The molecule has 0 fully saturated rings. The van der Waals surface area contributed by atoms with E-state index in [-0.39, 0.29) is 13.0 Å². The third kappa shape index (κ3) is 6.79. The van der Waals surface area contributed by atoms with Gasteiger partial charge in [-0.1, -0.05) is 30.3 Å². The van der Waals surface area contributed by atoms with Crippen molar-refractivity contribution < 1.29 is 37.8 Å². The van der Waals surface area contributed by atoms with Gasteiger partial charge in [0, 0.05) is 23.9 Å². The van der Waals surface area contributed by atoms with Gasteiger partial charge >= 0.3 is 7.32 Å². The minimum atomic E-state index is -2.52. The van der Waals surface area contributed by atoms with Crippen molar-refractivity contribution in [2.75, 3.05) is 13.7 Å². The number of nitrogens with one attached hydrogen (secondary N) is 2. The molecule has 1 heterocycles. The van der Waals surface area contributed by atoms with Gasteiger partial charge in [-0.05, 0) is 30.2 Å². The zero-order valence-corrected chi connectivity index (χ0v) is 17.9. The van der Waals surface area contributed by atoms with Crippen molar-refractivity contribution in [3.8, 4) is 5.75 Å². The smallest absolute Gasteiger partial charge is 0.497 e. The second-order valence-electron chi connectivity index (χ2n) is 7.18. The number of benzene rings is 2. The Morgan fingerprint density at radius 1 is 1.15 bits per heavy atom. The number of amides is 2. The first-order valence-electron chi connectivity index (χ1n) is 10.2. The average molecular weight is 458 g/mol. The molecule has 174 valence electrons. The van der Waals surface area contributed by atoms with Crippen molar-refractivity contribution >= 4 is 30.1 Å². The molecule has 33 heavy (non-hydrogen) atoms. The minimum absolute atomic E-state index is 0.0510. The number of hydrogen-bond acceptors (Lipinski definition) is 7. The molecule has 0 bridgehead atoms. The van der Waals surface area contributed by atoms with Crippen LogP contribution in [0.5, 0.6) is 5.75 Å². The summed E-state index contributed by atoms with van der Waals surface area (Å²) in [4.78, 5) is 24.3. The number of alkyl halides is 1. The topological polar surface area (TPSA) is 130 Å². The Kier molecular flexibility index (Phi) is 8.42. The molecule has 2 atom stereocenters. The first-order valence-corrected chi connectivity index (χ1v) is 10.2. The number of halogens is 1. The molecule has 11 heteroatoms. The van der Waals surface area contributed by atoms with Gasteiger partial charge < -0.3 is 34.5 Å². The first-order chi connectivity index (χ1) is 15.9. The maximum absolute atomic E-state index is 14.4. The molecule has 0 saturated carbocycles. The van der Waals surface area contributed by atoms with Crippen LogP contribution in [0.4, 0.5) is 4.39 Å². The molecule has 3 aromatic rings. The molecule has 0 spiro atoms. The van der Waals surface area contributed by atoms with Crippen molar-refractivity contribution in [3.05, 3.63) is 65.9 Å². The van der Waals surface area contributed by atoms with Crippen molar-refractivity contribution in [1.82, 2.24) is 10.6 Å². The molecule has 3 rings (SSSR count). The van der Waals surface area contributed by atoms with Crippen LogP contribution in [0.15, 0.2) is 59.2 Å². The van der Waals surface area contributed by atoms with E-state index in [0.29, 0.717) is 23.3 Å². The van der Waals surface area contributed by atoms with Gasteiger partial charge in [-0.3, -0.25) is 9.59 Å². The molecule has 0 radical (unpaired) electrons. The molecule has 9 nitrogen and oxygen atoms in total. The van der Waals surface area contributed by atoms with Crippen molar-refractivity contribution in [3.63, 3.8) is 0 Å². The van der Waals surface area contributed by atoms with Crippen LogP contribution < -0.4 is 15.4 Å². The Labute approximate surface area is 189 Å². The SMILES string of the molecule is COc1cccc(CCNC(=O)C(F)C(=O)N[C@@H](Cc2coc3ccccc23)OB(O)O)c1. The fourth-order valence-electron chi connectivity index (χ4n) is 3.27. The highest BCUT2D eigenvalue weighted by Gasteiger charge is 2.30. The number of carbonyl (C=O) groups is 2. The second kappa shape index (κ2) is 11.5. The number of hydrogen-bond donors (Lipinski definition) is 4. The number of furan rings is 1. The van der Waals surface area contributed by atoms with E-state index in [1.165, 1.54) is 13.4 Å². The van der Waals surface area contributed by atoms with E-state index in [1.54, 1.807) is 42.5 Å². The number of ether oxygens (including phenoxy) is 1. The summed E-state index contributed by atoms with van der Waals surface area (Å²) in [5.74, 6) is -1.73. The van der Waals surface area contributed by atoms with Gasteiger partial charge in [0.05, 0.1) is 13.4 Å². The molecule has 0 aliphatic rings. The Bertz CT molecular complexity index is 1090. The number of methoxy groups -OCH3 is 1. The number of carbonyl (C=O) groups excluding carboxylic acids is 2. The highest BCUT2D eigenvalue weighted by Crippen LogP contribution is 2.22. The van der Waals surface area contributed by atoms with Crippen LogP contribution in [-0.2, 0) is 27.1 Å². The van der Waals surface area contributed by atoms with Crippen molar-refractivity contribution in [2.45, 2.75) is 25.2 Å². The van der Waals surface area contributed by atoms with Crippen molar-refractivity contribution in [2.24, 2.45) is 0 Å². The van der Waals surface area contributed by atoms with E-state index in [0.717, 1.165) is 10.9 Å². The minimum Gasteiger partial charge on any atom is -0.497 e. The van der Waals surface area contributed by atoms with E-state index in [2.05, 4.69) is 10.6 Å². The highest BCUT2D eigenvalue weighted by molar-refractivity contribution is 6.32. The fourth-order valence-corrected chi connectivity index (χ4v) is 3.27. The molecule has 2 aromatic carbocycles. The molecule has 0 saturated heterocycles. The molecule has 1 unspecified atom stereocenters. The van der Waals surface area contributed by atoms with Gasteiger partial charge in [0.2, 0.25) is 0 Å². The quantitative estimate of drug-likeness (QED) is 0.192. The van der Waals surface area contributed by atoms with Gasteiger partial charge in [0.1, 0.15) is 17.6 Å². The van der Waals surface area contributed by atoms with E-state index in [1.807, 2.05) is 6.07 Å². The fraction of sp³-hybridized carbons (Fsp3) is 0.273. The predicted octanol–water partition coefficient (Wildman–Crippen LogP) is 1.11. The van der Waals surface area contributed by atoms with E-state index in [9.17, 15) is 14.0 Å². The van der Waals surface area contributed by atoms with Crippen LogP contribution >= 0.6 is 0 Å². The molecular weight excluding hydrogens is 434 g/mol. The van der Waals surface area contributed by atoms with Gasteiger partial charge in [0.15, 0.2) is 0 Å². The number of fused-ring (bicyclic) bond motifs is 1. The Hall–Kier alpha value is -3.41.